The number of methoxy groups -OCH3 is 1. The zero-order valence-corrected chi connectivity index (χ0v) is 26.6. The monoisotopic (exact) mass is 654 g/mol. The SMILES string of the molecule is COc1ccccc1C(=O)NCc1nnc(SCC(=O)N2N=C(c3cccs3)C[C@@H]2c2ccc(F)cc2)n1CCc1ccccc1. The van der Waals surface area contributed by atoms with E-state index in [-0.39, 0.29) is 36.0 Å². The molecule has 1 N–H and O–H groups in total. The van der Waals surface area contributed by atoms with E-state index < -0.39 is 0 Å². The van der Waals surface area contributed by atoms with Gasteiger partial charge in [0.05, 0.1) is 41.6 Å². The van der Waals surface area contributed by atoms with Gasteiger partial charge in [0.1, 0.15) is 11.6 Å². The van der Waals surface area contributed by atoms with Crippen LogP contribution in [0, 0.1) is 5.82 Å². The summed E-state index contributed by atoms with van der Waals surface area (Å²) in [6.07, 6.45) is 1.24. The van der Waals surface area contributed by atoms with Crippen molar-refractivity contribution in [1.82, 2.24) is 25.1 Å². The quantitative estimate of drug-likeness (QED) is 0.163. The number of nitrogens with zero attached hydrogens (tertiary/aromatic N) is 5. The predicted octanol–water partition coefficient (Wildman–Crippen LogP) is 6.13. The van der Waals surface area contributed by atoms with Crippen LogP contribution < -0.4 is 10.1 Å². The first-order valence-electron chi connectivity index (χ1n) is 14.7. The number of rotatable bonds is 12. The predicted molar refractivity (Wildman–Crippen MR) is 177 cm³/mol. The number of hydrazone groups is 1. The number of para-hydroxylation sites is 1. The number of hydrogen-bond donors (Lipinski definition) is 1. The summed E-state index contributed by atoms with van der Waals surface area (Å²) in [5, 5.41) is 20.5. The Kier molecular flexibility index (Phi) is 9.85. The highest BCUT2D eigenvalue weighted by molar-refractivity contribution is 7.99. The molecule has 1 atom stereocenters. The molecular weight excluding hydrogens is 624 g/mol. The van der Waals surface area contributed by atoms with Crippen LogP contribution >= 0.6 is 23.1 Å². The van der Waals surface area contributed by atoms with Crippen LogP contribution in [-0.2, 0) is 24.3 Å². The van der Waals surface area contributed by atoms with E-state index in [0.29, 0.717) is 41.7 Å². The number of thiophene rings is 1. The number of hydrogen-bond acceptors (Lipinski definition) is 8. The van der Waals surface area contributed by atoms with Crippen molar-refractivity contribution in [1.29, 1.82) is 0 Å². The highest BCUT2D eigenvalue weighted by Gasteiger charge is 2.33. The molecule has 234 valence electrons. The third-order valence-electron chi connectivity index (χ3n) is 7.57. The molecule has 0 saturated carbocycles. The van der Waals surface area contributed by atoms with Crippen LogP contribution in [0.25, 0.3) is 0 Å². The number of benzene rings is 3. The fraction of sp³-hybridized carbons (Fsp3) is 0.206. The van der Waals surface area contributed by atoms with Crippen molar-refractivity contribution in [2.45, 2.75) is 37.1 Å². The molecule has 46 heavy (non-hydrogen) atoms. The van der Waals surface area contributed by atoms with Gasteiger partial charge in [-0.1, -0.05) is 72.4 Å². The van der Waals surface area contributed by atoms with Crippen LogP contribution in [-0.4, -0.2) is 50.2 Å². The molecule has 0 spiro atoms. The van der Waals surface area contributed by atoms with Gasteiger partial charge in [-0.25, -0.2) is 9.40 Å². The maximum atomic E-state index is 13.7. The van der Waals surface area contributed by atoms with Crippen molar-refractivity contribution in [3.05, 3.63) is 130 Å². The van der Waals surface area contributed by atoms with Gasteiger partial charge in [-0.05, 0) is 53.3 Å². The molecule has 3 aromatic carbocycles. The molecular formula is C34H31FN6O3S2. The Labute approximate surface area is 274 Å². The Bertz CT molecular complexity index is 1830. The van der Waals surface area contributed by atoms with E-state index in [9.17, 15) is 14.0 Å². The normalized spacial score (nSPS) is 14.3. The van der Waals surface area contributed by atoms with Gasteiger partial charge in [0, 0.05) is 13.0 Å². The highest BCUT2D eigenvalue weighted by Crippen LogP contribution is 2.35. The third kappa shape index (κ3) is 7.19. The van der Waals surface area contributed by atoms with Crippen molar-refractivity contribution in [3.8, 4) is 5.75 Å². The Morgan fingerprint density at radius 2 is 1.78 bits per heavy atom. The number of aryl methyl sites for hydroxylation is 1. The summed E-state index contributed by atoms with van der Waals surface area (Å²) in [5.74, 6) is 0.285. The minimum atomic E-state index is -0.345. The zero-order chi connectivity index (χ0) is 31.9. The van der Waals surface area contributed by atoms with Gasteiger partial charge in [0.2, 0.25) is 0 Å². The Balaban J connectivity index is 1.20. The van der Waals surface area contributed by atoms with Crippen LogP contribution in [0.2, 0.25) is 0 Å². The number of halogens is 1. The van der Waals surface area contributed by atoms with Crippen LogP contribution in [0.15, 0.2) is 107 Å². The minimum Gasteiger partial charge on any atom is -0.496 e. The molecule has 2 amide bonds. The number of carbonyl (C=O) groups excluding carboxylic acids is 2. The molecule has 5 aromatic rings. The summed E-state index contributed by atoms with van der Waals surface area (Å²) in [4.78, 5) is 27.7. The second-order valence-electron chi connectivity index (χ2n) is 10.5. The lowest BCUT2D eigenvalue weighted by Gasteiger charge is -2.22. The number of ether oxygens (including phenoxy) is 1. The molecule has 0 unspecified atom stereocenters. The maximum absolute atomic E-state index is 13.7. The molecule has 0 saturated heterocycles. The smallest absolute Gasteiger partial charge is 0.255 e. The van der Waals surface area contributed by atoms with Gasteiger partial charge in [0.15, 0.2) is 11.0 Å². The molecule has 0 bridgehead atoms. The number of thioether (sulfide) groups is 1. The topological polar surface area (TPSA) is 102 Å². The molecule has 6 rings (SSSR count). The summed E-state index contributed by atoms with van der Waals surface area (Å²) in [6.45, 7) is 0.691. The van der Waals surface area contributed by atoms with E-state index in [1.807, 2.05) is 40.3 Å². The van der Waals surface area contributed by atoms with Gasteiger partial charge >= 0.3 is 0 Å². The van der Waals surface area contributed by atoms with Crippen LogP contribution in [0.4, 0.5) is 4.39 Å². The largest absolute Gasteiger partial charge is 0.496 e. The van der Waals surface area contributed by atoms with Crippen molar-refractivity contribution >= 4 is 40.6 Å². The Morgan fingerprint density at radius 3 is 2.54 bits per heavy atom. The first-order valence-corrected chi connectivity index (χ1v) is 16.6. The second kappa shape index (κ2) is 14.5. The number of amides is 2. The molecule has 0 fully saturated rings. The number of nitrogens with one attached hydrogen (secondary N) is 1. The van der Waals surface area contributed by atoms with Gasteiger partial charge < -0.3 is 14.6 Å². The summed E-state index contributed by atoms with van der Waals surface area (Å²) >= 11 is 2.84. The Morgan fingerprint density at radius 1 is 1.00 bits per heavy atom. The number of carbonyl (C=O) groups is 2. The summed E-state index contributed by atoms with van der Waals surface area (Å²) in [5.41, 5.74) is 3.20. The standard InChI is InChI=1S/C34H31FN6O3S2/c1-44-29-11-6-5-10-26(29)33(43)36-21-31-37-38-34(40(31)18-17-23-8-3-2-4-9-23)46-22-32(42)41-28(24-13-15-25(35)16-14-24)20-27(39-41)30-12-7-19-45-30/h2-16,19,28H,17-18,20-22H2,1H3,(H,36,43)/t28-/m1/s1. The van der Waals surface area contributed by atoms with Crippen molar-refractivity contribution in [2.75, 3.05) is 12.9 Å². The van der Waals surface area contributed by atoms with E-state index in [1.165, 1.54) is 36.0 Å². The van der Waals surface area contributed by atoms with E-state index in [1.54, 1.807) is 47.7 Å². The fourth-order valence-electron chi connectivity index (χ4n) is 5.22. The van der Waals surface area contributed by atoms with E-state index in [4.69, 9.17) is 9.84 Å². The average Bonchev–Trinajstić information content (AvgIpc) is 3.86. The lowest BCUT2D eigenvalue weighted by molar-refractivity contribution is -0.130. The fourth-order valence-corrected chi connectivity index (χ4v) is 6.78. The van der Waals surface area contributed by atoms with Crippen molar-refractivity contribution in [3.63, 3.8) is 0 Å². The first-order chi connectivity index (χ1) is 22.5. The van der Waals surface area contributed by atoms with Gasteiger partial charge in [0.25, 0.3) is 11.8 Å². The molecule has 1 aliphatic heterocycles. The van der Waals surface area contributed by atoms with E-state index >= 15 is 0 Å². The molecule has 2 aromatic heterocycles. The second-order valence-corrected chi connectivity index (χ2v) is 12.4. The van der Waals surface area contributed by atoms with E-state index in [0.717, 1.165) is 21.7 Å². The van der Waals surface area contributed by atoms with Crippen molar-refractivity contribution < 1.29 is 18.7 Å². The van der Waals surface area contributed by atoms with Crippen LogP contribution in [0.3, 0.4) is 0 Å². The molecule has 1 aliphatic rings. The zero-order valence-electron chi connectivity index (χ0n) is 25.0. The van der Waals surface area contributed by atoms with Crippen LogP contribution in [0.1, 0.15) is 44.6 Å². The summed E-state index contributed by atoms with van der Waals surface area (Å²) in [7, 11) is 1.52. The molecule has 12 heteroatoms. The summed E-state index contributed by atoms with van der Waals surface area (Å²) < 4.78 is 21.0. The molecule has 0 aliphatic carbocycles. The molecule has 0 radical (unpaired) electrons. The first kappa shape index (κ1) is 31.2. The van der Waals surface area contributed by atoms with Crippen LogP contribution in [0.5, 0.6) is 5.75 Å². The van der Waals surface area contributed by atoms with Gasteiger partial charge in [-0.3, -0.25) is 9.59 Å². The lowest BCUT2D eigenvalue weighted by Crippen LogP contribution is -2.28. The molecule has 9 nitrogen and oxygen atoms in total. The van der Waals surface area contributed by atoms with Gasteiger partial charge in [-0.2, -0.15) is 5.10 Å². The lowest BCUT2D eigenvalue weighted by atomic mass is 10.0. The number of aromatic nitrogens is 3. The summed E-state index contributed by atoms with van der Waals surface area (Å²) in [6, 6.07) is 26.9. The minimum absolute atomic E-state index is 0.0654. The van der Waals surface area contributed by atoms with Gasteiger partial charge in [-0.15, -0.1) is 21.5 Å². The third-order valence-corrected chi connectivity index (χ3v) is 9.44. The van der Waals surface area contributed by atoms with E-state index in [2.05, 4.69) is 27.6 Å². The maximum Gasteiger partial charge on any atom is 0.255 e. The highest BCUT2D eigenvalue weighted by atomic mass is 32.2. The Hall–Kier alpha value is -4.81. The molecule has 3 heterocycles. The average molecular weight is 655 g/mol. The van der Waals surface area contributed by atoms with Crippen molar-refractivity contribution in [2.24, 2.45) is 5.10 Å².